The van der Waals surface area contributed by atoms with Crippen LogP contribution in [0.2, 0.25) is 0 Å². The van der Waals surface area contributed by atoms with Crippen LogP contribution in [0.4, 0.5) is 0 Å². The molecule has 1 atom stereocenters. The molecule has 0 aromatic carbocycles. The van der Waals surface area contributed by atoms with E-state index in [2.05, 4.69) is 15.2 Å². The van der Waals surface area contributed by atoms with Crippen molar-refractivity contribution >= 4 is 6.21 Å². The third-order valence-electron chi connectivity index (χ3n) is 3.34. The smallest absolute Gasteiger partial charge is 0.0705 e. The summed E-state index contributed by atoms with van der Waals surface area (Å²) in [5.41, 5.74) is 6.77. The fourth-order valence-corrected chi connectivity index (χ4v) is 2.33. The van der Waals surface area contributed by atoms with Gasteiger partial charge in [0.25, 0.3) is 0 Å². The maximum Gasteiger partial charge on any atom is 0.0705 e. The second-order valence-corrected chi connectivity index (χ2v) is 4.56. The van der Waals surface area contributed by atoms with Crippen LogP contribution in [0.15, 0.2) is 16.9 Å². The molecule has 16 heavy (non-hydrogen) atoms. The molecule has 4 heteroatoms. The third-order valence-corrected chi connectivity index (χ3v) is 3.34. The van der Waals surface area contributed by atoms with Gasteiger partial charge in [0.1, 0.15) is 0 Å². The van der Waals surface area contributed by atoms with Gasteiger partial charge in [-0.05, 0) is 32.2 Å². The Labute approximate surface area is 97.6 Å². The van der Waals surface area contributed by atoms with Gasteiger partial charge < -0.3 is 16.0 Å². The van der Waals surface area contributed by atoms with Gasteiger partial charge in [-0.1, -0.05) is 0 Å². The van der Waals surface area contributed by atoms with Gasteiger partial charge in [-0.3, -0.25) is 4.99 Å². The summed E-state index contributed by atoms with van der Waals surface area (Å²) in [6.07, 6.45) is 8.69. The second kappa shape index (κ2) is 5.89. The van der Waals surface area contributed by atoms with Crippen molar-refractivity contribution in [3.8, 4) is 0 Å². The highest BCUT2D eigenvalue weighted by Gasteiger charge is 2.14. The summed E-state index contributed by atoms with van der Waals surface area (Å²) in [5.74, 6) is 0. The number of aliphatic imine (C=N–C) groups is 1. The minimum atomic E-state index is 0.444. The normalized spacial score (nSPS) is 27.9. The monoisotopic (exact) mass is 222 g/mol. The van der Waals surface area contributed by atoms with Crippen LogP contribution < -0.4 is 11.1 Å². The van der Waals surface area contributed by atoms with Crippen molar-refractivity contribution in [1.82, 2.24) is 10.2 Å². The van der Waals surface area contributed by atoms with Crippen LogP contribution >= 0.6 is 0 Å². The van der Waals surface area contributed by atoms with Crippen LogP contribution in [0.3, 0.4) is 0 Å². The molecule has 2 saturated heterocycles. The van der Waals surface area contributed by atoms with Gasteiger partial charge in [0.05, 0.1) is 11.7 Å². The van der Waals surface area contributed by atoms with E-state index >= 15 is 0 Å². The number of rotatable bonds is 3. The molecule has 3 N–H and O–H groups in total. The second-order valence-electron chi connectivity index (χ2n) is 4.56. The molecule has 2 aliphatic heterocycles. The Bertz CT molecular complexity index is 260. The van der Waals surface area contributed by atoms with Gasteiger partial charge in [0.2, 0.25) is 0 Å². The molecule has 0 aromatic rings. The first kappa shape index (κ1) is 11.5. The minimum absolute atomic E-state index is 0.444. The molecule has 0 aliphatic carbocycles. The molecule has 1 unspecified atom stereocenters. The van der Waals surface area contributed by atoms with Gasteiger partial charge in [-0.25, -0.2) is 0 Å². The molecule has 0 saturated carbocycles. The molecule has 0 aromatic heterocycles. The van der Waals surface area contributed by atoms with E-state index in [4.69, 9.17) is 5.73 Å². The van der Waals surface area contributed by atoms with Crippen LogP contribution in [-0.4, -0.2) is 43.3 Å². The lowest BCUT2D eigenvalue weighted by atomic mass is 10.1. The van der Waals surface area contributed by atoms with Crippen molar-refractivity contribution in [3.63, 3.8) is 0 Å². The van der Waals surface area contributed by atoms with Crippen LogP contribution in [-0.2, 0) is 0 Å². The van der Waals surface area contributed by atoms with Gasteiger partial charge in [-0.15, -0.1) is 0 Å². The topological polar surface area (TPSA) is 53.6 Å². The Balaban J connectivity index is 1.88. The quantitative estimate of drug-likeness (QED) is 0.691. The zero-order valence-corrected chi connectivity index (χ0v) is 9.86. The lowest BCUT2D eigenvalue weighted by Crippen LogP contribution is -2.30. The van der Waals surface area contributed by atoms with E-state index in [-0.39, 0.29) is 0 Å². The van der Waals surface area contributed by atoms with Crippen molar-refractivity contribution in [3.05, 3.63) is 11.9 Å². The molecule has 2 fully saturated rings. The molecule has 0 radical (unpaired) electrons. The highest BCUT2D eigenvalue weighted by atomic mass is 15.1. The zero-order chi connectivity index (χ0) is 11.2. The predicted octanol–water partition coefficient (Wildman–Crippen LogP) is 0.705. The molecule has 0 spiro atoms. The first-order valence-corrected chi connectivity index (χ1v) is 6.31. The first-order chi connectivity index (χ1) is 7.90. The van der Waals surface area contributed by atoms with E-state index in [0.29, 0.717) is 6.04 Å². The average molecular weight is 222 g/mol. The molecule has 2 aliphatic rings. The zero-order valence-electron chi connectivity index (χ0n) is 9.86. The molecule has 2 rings (SSSR count). The highest BCUT2D eigenvalue weighted by Crippen LogP contribution is 2.13. The van der Waals surface area contributed by atoms with Gasteiger partial charge >= 0.3 is 0 Å². The summed E-state index contributed by atoms with van der Waals surface area (Å²) in [7, 11) is 0. The largest absolute Gasteiger partial charge is 0.403 e. The Hall–Kier alpha value is -1.03. The highest BCUT2D eigenvalue weighted by molar-refractivity contribution is 5.77. The van der Waals surface area contributed by atoms with Crippen molar-refractivity contribution in [1.29, 1.82) is 0 Å². The first-order valence-electron chi connectivity index (χ1n) is 6.31. The van der Waals surface area contributed by atoms with E-state index in [9.17, 15) is 0 Å². The summed E-state index contributed by atoms with van der Waals surface area (Å²) in [6, 6.07) is 0.444. The molecule has 0 amide bonds. The maximum atomic E-state index is 5.68. The summed E-state index contributed by atoms with van der Waals surface area (Å²) in [4.78, 5) is 6.93. The number of piperidine rings is 1. The van der Waals surface area contributed by atoms with Crippen LogP contribution in [0, 0.1) is 0 Å². The van der Waals surface area contributed by atoms with E-state index in [1.165, 1.54) is 19.3 Å². The number of hydrogen-bond acceptors (Lipinski definition) is 4. The number of hydrogen-bond donors (Lipinski definition) is 2. The van der Waals surface area contributed by atoms with Gasteiger partial charge in [0.15, 0.2) is 0 Å². The van der Waals surface area contributed by atoms with E-state index in [1.807, 2.05) is 6.21 Å². The van der Waals surface area contributed by atoms with Crippen molar-refractivity contribution in [2.75, 3.05) is 26.2 Å². The summed E-state index contributed by atoms with van der Waals surface area (Å²) >= 11 is 0. The fraction of sp³-hybridized carbons (Fsp3) is 0.750. The lowest BCUT2D eigenvalue weighted by Gasteiger charge is -2.29. The number of nitrogens with one attached hydrogen (secondary N) is 1. The lowest BCUT2D eigenvalue weighted by molar-refractivity contribution is 0.298. The summed E-state index contributed by atoms with van der Waals surface area (Å²) < 4.78 is 0. The van der Waals surface area contributed by atoms with E-state index in [1.54, 1.807) is 6.20 Å². The molecular formula is C12H22N4. The molecule has 90 valence electrons. The van der Waals surface area contributed by atoms with Crippen LogP contribution in [0.1, 0.15) is 25.7 Å². The van der Waals surface area contributed by atoms with E-state index < -0.39 is 0 Å². The number of nitrogens with zero attached hydrogens (tertiary/aromatic N) is 2. The summed E-state index contributed by atoms with van der Waals surface area (Å²) in [6.45, 7) is 4.34. The Morgan fingerprint density at radius 3 is 2.75 bits per heavy atom. The standard InChI is InChI=1S/C12H22N4/c13-8-12(16-6-2-1-3-7-16)10-15-11-4-5-14-9-11/h8,10-11,14H,1-7,9,13H2. The Morgan fingerprint density at radius 2 is 2.12 bits per heavy atom. The average Bonchev–Trinajstić information content (AvgIpc) is 2.84. The third kappa shape index (κ3) is 2.98. The Kier molecular flexibility index (Phi) is 4.22. The maximum absolute atomic E-state index is 5.68. The number of nitrogens with two attached hydrogens (primary N) is 1. The summed E-state index contributed by atoms with van der Waals surface area (Å²) in [5, 5.41) is 3.32. The fourth-order valence-electron chi connectivity index (χ4n) is 2.33. The van der Waals surface area contributed by atoms with Crippen LogP contribution in [0.25, 0.3) is 0 Å². The molecule has 2 heterocycles. The Morgan fingerprint density at radius 1 is 1.31 bits per heavy atom. The van der Waals surface area contributed by atoms with Crippen LogP contribution in [0.5, 0.6) is 0 Å². The molecular weight excluding hydrogens is 200 g/mol. The minimum Gasteiger partial charge on any atom is -0.403 e. The van der Waals surface area contributed by atoms with E-state index in [0.717, 1.165) is 38.3 Å². The number of likely N-dealkylation sites (tertiary alicyclic amines) is 1. The van der Waals surface area contributed by atoms with Crippen molar-refractivity contribution in [2.45, 2.75) is 31.7 Å². The van der Waals surface area contributed by atoms with Crippen molar-refractivity contribution in [2.24, 2.45) is 10.7 Å². The SMILES string of the molecule is NC=C(C=NC1CCNC1)N1CCCCC1. The predicted molar refractivity (Wildman–Crippen MR) is 67.5 cm³/mol. The van der Waals surface area contributed by atoms with Gasteiger partial charge in [0, 0.05) is 32.0 Å². The van der Waals surface area contributed by atoms with Crippen molar-refractivity contribution < 1.29 is 0 Å². The molecule has 0 bridgehead atoms. The number of allylic oxidation sites excluding steroid dienone is 1. The molecule has 4 nitrogen and oxygen atoms in total. The van der Waals surface area contributed by atoms with Gasteiger partial charge in [-0.2, -0.15) is 0 Å².